The summed E-state index contributed by atoms with van der Waals surface area (Å²) in [6.07, 6.45) is -24.2. The highest BCUT2D eigenvalue weighted by Crippen LogP contribution is 2.37. The van der Waals surface area contributed by atoms with Crippen LogP contribution in [-0.2, 0) is 109 Å². The van der Waals surface area contributed by atoms with Crippen LogP contribution in [0.25, 0.3) is 0 Å². The number of esters is 9. The second-order valence-electron chi connectivity index (χ2n) is 13.2. The van der Waals surface area contributed by atoms with Crippen LogP contribution in [0.3, 0.4) is 0 Å². The highest BCUT2D eigenvalue weighted by molar-refractivity contribution is 5.70. The van der Waals surface area contributed by atoms with E-state index in [2.05, 4.69) is 0 Å². The Hall–Kier alpha value is -5.01. The van der Waals surface area contributed by atoms with E-state index in [1.54, 1.807) is 0 Å². The lowest BCUT2D eigenvalue weighted by molar-refractivity contribution is -0.373. The molecule has 24 nitrogen and oxygen atoms in total. The van der Waals surface area contributed by atoms with Crippen molar-refractivity contribution in [2.75, 3.05) is 19.8 Å². The molecule has 1 N–H and O–H groups in total. The van der Waals surface area contributed by atoms with E-state index in [1.165, 1.54) is 0 Å². The smallest absolute Gasteiger partial charge is 0.303 e. The molecule has 0 aromatic heterocycles. The summed E-state index contributed by atoms with van der Waals surface area (Å²) in [4.78, 5) is 111. The van der Waals surface area contributed by atoms with E-state index in [4.69, 9.17) is 66.3 Å². The van der Waals surface area contributed by atoms with Crippen LogP contribution < -0.4 is 0 Å². The van der Waals surface area contributed by atoms with Gasteiger partial charge in [-0.15, -0.1) is 0 Å². The van der Waals surface area contributed by atoms with Gasteiger partial charge in [0.25, 0.3) is 0 Å². The Labute approximate surface area is 336 Å². The quantitative estimate of drug-likeness (QED) is 0.140. The van der Waals surface area contributed by atoms with E-state index < -0.39 is 160 Å². The van der Waals surface area contributed by atoms with Crippen LogP contribution in [0, 0.1) is 0 Å². The third-order valence-corrected chi connectivity index (χ3v) is 8.20. The lowest BCUT2D eigenvalue weighted by Crippen LogP contribution is -2.68. The van der Waals surface area contributed by atoms with Gasteiger partial charge < -0.3 is 71.4 Å². The number of aliphatic hydroxyl groups excluding tert-OH is 1. The molecule has 3 heterocycles. The van der Waals surface area contributed by atoms with Gasteiger partial charge in [0.05, 0.1) is 6.61 Å². The van der Waals surface area contributed by atoms with E-state index in [-0.39, 0.29) is 0 Å². The Kier molecular flexibility index (Phi) is 17.9. The van der Waals surface area contributed by atoms with E-state index in [1.807, 2.05) is 0 Å². The van der Waals surface area contributed by atoms with E-state index >= 15 is 0 Å². The number of ether oxygens (including phenoxy) is 14. The summed E-state index contributed by atoms with van der Waals surface area (Å²) in [6.45, 7) is 7.11. The van der Waals surface area contributed by atoms with Gasteiger partial charge in [-0.25, -0.2) is 0 Å². The van der Waals surface area contributed by atoms with Gasteiger partial charge in [-0.3, -0.25) is 43.2 Å². The zero-order valence-electron chi connectivity index (χ0n) is 33.5. The zero-order valence-corrected chi connectivity index (χ0v) is 33.5. The third kappa shape index (κ3) is 14.3. The summed E-state index contributed by atoms with van der Waals surface area (Å²) in [5.74, 6) is -8.37. The summed E-state index contributed by atoms with van der Waals surface area (Å²) < 4.78 is 78.4. The molecule has 3 saturated heterocycles. The van der Waals surface area contributed by atoms with Crippen LogP contribution in [0.15, 0.2) is 0 Å². The Balaban J connectivity index is 2.25. The Morgan fingerprint density at radius 2 is 0.763 bits per heavy atom. The van der Waals surface area contributed by atoms with Crippen molar-refractivity contribution in [1.82, 2.24) is 0 Å². The number of hydrogen-bond acceptors (Lipinski definition) is 24. The fourth-order valence-electron chi connectivity index (χ4n) is 6.28. The van der Waals surface area contributed by atoms with Crippen LogP contribution in [0.4, 0.5) is 0 Å². The lowest BCUT2D eigenvalue weighted by Gasteiger charge is -2.49. The maximum absolute atomic E-state index is 12.8. The molecule has 332 valence electrons. The van der Waals surface area contributed by atoms with Crippen molar-refractivity contribution in [3.8, 4) is 0 Å². The summed E-state index contributed by atoms with van der Waals surface area (Å²) in [5.41, 5.74) is 0. The fraction of sp³-hybridized carbons (Fsp3) is 0.743. The molecule has 59 heavy (non-hydrogen) atoms. The van der Waals surface area contributed by atoms with Gasteiger partial charge in [0.15, 0.2) is 61.6 Å². The molecule has 1 unspecified atom stereocenters. The molecule has 24 heteroatoms. The minimum Gasteiger partial charge on any atom is -0.463 e. The minimum atomic E-state index is -1.97. The molecule has 0 aromatic rings. The lowest BCUT2D eigenvalue weighted by atomic mass is 9.95. The maximum Gasteiger partial charge on any atom is 0.303 e. The molecular formula is C35H48O24. The van der Waals surface area contributed by atoms with Crippen molar-refractivity contribution in [3.05, 3.63) is 0 Å². The highest BCUT2D eigenvalue weighted by atomic mass is 16.8. The van der Waals surface area contributed by atoms with Crippen molar-refractivity contribution in [2.24, 2.45) is 0 Å². The molecule has 3 aliphatic heterocycles. The number of aliphatic hydroxyl groups is 1. The molecule has 0 radical (unpaired) electrons. The van der Waals surface area contributed by atoms with Crippen molar-refractivity contribution in [3.63, 3.8) is 0 Å². The molecule has 3 fully saturated rings. The summed E-state index contributed by atoms with van der Waals surface area (Å²) in [6, 6.07) is 0. The average molecular weight is 853 g/mol. The molecule has 0 spiro atoms. The molecule has 0 amide bonds. The zero-order chi connectivity index (χ0) is 44.3. The first-order chi connectivity index (χ1) is 27.6. The predicted octanol–water partition coefficient (Wildman–Crippen LogP) is -1.80. The van der Waals surface area contributed by atoms with Gasteiger partial charge in [-0.1, -0.05) is 0 Å². The van der Waals surface area contributed by atoms with E-state index in [0.29, 0.717) is 0 Å². The predicted molar refractivity (Wildman–Crippen MR) is 181 cm³/mol. The van der Waals surface area contributed by atoms with Crippen molar-refractivity contribution in [1.29, 1.82) is 0 Å². The normalized spacial score (nSPS) is 32.8. The number of rotatable bonds is 15. The van der Waals surface area contributed by atoms with Gasteiger partial charge in [0.1, 0.15) is 37.6 Å². The van der Waals surface area contributed by atoms with Crippen LogP contribution >= 0.6 is 0 Å². The summed E-state index contributed by atoms with van der Waals surface area (Å²) >= 11 is 0. The Morgan fingerprint density at radius 1 is 0.424 bits per heavy atom. The first-order valence-electron chi connectivity index (χ1n) is 18.0. The first-order valence-corrected chi connectivity index (χ1v) is 18.0. The van der Waals surface area contributed by atoms with Crippen molar-refractivity contribution in [2.45, 2.75) is 148 Å². The highest BCUT2D eigenvalue weighted by Gasteiger charge is 2.59. The molecular weight excluding hydrogens is 804 g/mol. The maximum atomic E-state index is 12.8. The molecule has 0 aliphatic carbocycles. The van der Waals surface area contributed by atoms with Crippen LogP contribution in [0.1, 0.15) is 62.3 Å². The average Bonchev–Trinajstić information content (AvgIpc) is 3.09. The SMILES string of the molecule is CC(=O)OC[C@H]1O[C@@H](O[C@H]2[C@@H](OC(C)=O)[C@@H](COC(C)=O)O[C@@H](O[C@@H]3COC(O)[C@H](OC(C)=O)[C@H]3OC(C)=O)[C@@H]2OC(C)=O)[C@H](OC(C)=O)[C@@H](OC(C)=O)[C@H]1OC(C)=O. The summed E-state index contributed by atoms with van der Waals surface area (Å²) in [5, 5.41) is 10.5. The van der Waals surface area contributed by atoms with Crippen molar-refractivity contribution < 1.29 is 115 Å². The molecule has 14 atom stereocenters. The summed E-state index contributed by atoms with van der Waals surface area (Å²) in [7, 11) is 0. The second kappa shape index (κ2) is 21.8. The third-order valence-electron chi connectivity index (χ3n) is 8.20. The van der Waals surface area contributed by atoms with Gasteiger partial charge in [0.2, 0.25) is 0 Å². The minimum absolute atomic E-state index is 0.573. The Morgan fingerprint density at radius 3 is 1.19 bits per heavy atom. The Bertz CT molecular complexity index is 1560. The molecule has 0 aromatic carbocycles. The largest absolute Gasteiger partial charge is 0.463 e. The standard InChI is InChI=1S/C35H48O24/c1-13(36)46-10-22-25(49-15(3)38)28(52-18(6)41)31(54-20(8)43)35(58-22)59-29-26(50-16(4)39)23(11-47-14(2)37)56-34(32(29)55-21(9)44)57-24-12-48-33(45)30(53-19(7)42)27(24)51-17(5)40/h22-35,45H,10-12H2,1-9H3/t22-,23-,24-,25+,26+,27+,28+,29+,30-,31-,32-,33?,34+,35+/m1/s1. The van der Waals surface area contributed by atoms with Crippen LogP contribution in [0.2, 0.25) is 0 Å². The fourth-order valence-corrected chi connectivity index (χ4v) is 6.28. The number of carbonyl (C=O) groups excluding carboxylic acids is 9. The molecule has 3 aliphatic rings. The van der Waals surface area contributed by atoms with Crippen LogP contribution in [-0.4, -0.2) is 165 Å². The molecule has 0 saturated carbocycles. The van der Waals surface area contributed by atoms with Gasteiger partial charge >= 0.3 is 53.7 Å². The molecule has 3 rings (SSSR count). The first kappa shape index (κ1) is 48.4. The van der Waals surface area contributed by atoms with Gasteiger partial charge in [0, 0.05) is 62.3 Å². The number of hydrogen-bond donors (Lipinski definition) is 1. The van der Waals surface area contributed by atoms with E-state index in [0.717, 1.165) is 62.3 Å². The van der Waals surface area contributed by atoms with Crippen LogP contribution in [0.5, 0.6) is 0 Å². The van der Waals surface area contributed by atoms with E-state index in [9.17, 15) is 48.3 Å². The monoisotopic (exact) mass is 852 g/mol. The topological polar surface area (TPSA) is 303 Å². The molecule has 0 bridgehead atoms. The van der Waals surface area contributed by atoms with Gasteiger partial charge in [-0.05, 0) is 0 Å². The second-order valence-corrected chi connectivity index (χ2v) is 13.2. The van der Waals surface area contributed by atoms with Gasteiger partial charge in [-0.2, -0.15) is 0 Å². The van der Waals surface area contributed by atoms with Crippen molar-refractivity contribution >= 4 is 53.7 Å². The number of carbonyl (C=O) groups is 9.